The standard InChI is InChI=1S/C20H14ClN3O/c21-16-10-12-17(13-11-16)25-20-9-5-4-8-19(20)24-14-18(22-23-24)15-6-2-1-3-7-15/h1-14H. The summed E-state index contributed by atoms with van der Waals surface area (Å²) in [4.78, 5) is 0. The molecule has 0 aliphatic heterocycles. The van der Waals surface area contributed by atoms with E-state index in [0.717, 1.165) is 16.9 Å². The van der Waals surface area contributed by atoms with Gasteiger partial charge < -0.3 is 4.74 Å². The molecule has 3 aromatic carbocycles. The summed E-state index contributed by atoms with van der Waals surface area (Å²) >= 11 is 5.92. The van der Waals surface area contributed by atoms with Gasteiger partial charge in [0.2, 0.25) is 0 Å². The first-order valence-corrected chi connectivity index (χ1v) is 8.18. The fraction of sp³-hybridized carbons (Fsp3) is 0. The molecule has 4 aromatic rings. The predicted octanol–water partition coefficient (Wildman–Crippen LogP) is 5.38. The summed E-state index contributed by atoms with van der Waals surface area (Å²) < 4.78 is 7.70. The van der Waals surface area contributed by atoms with Crippen molar-refractivity contribution in [3.05, 3.63) is 90.1 Å². The molecule has 1 heterocycles. The first-order chi connectivity index (χ1) is 12.3. The van der Waals surface area contributed by atoms with Crippen LogP contribution in [-0.2, 0) is 0 Å². The van der Waals surface area contributed by atoms with Gasteiger partial charge in [0.25, 0.3) is 0 Å². The highest BCUT2D eigenvalue weighted by Gasteiger charge is 2.10. The average Bonchev–Trinajstić information content (AvgIpc) is 3.15. The second kappa shape index (κ2) is 6.79. The second-order valence-electron chi connectivity index (χ2n) is 5.44. The maximum atomic E-state index is 5.99. The normalized spacial score (nSPS) is 10.6. The van der Waals surface area contributed by atoms with Crippen molar-refractivity contribution in [1.29, 1.82) is 0 Å². The minimum absolute atomic E-state index is 0.671. The highest BCUT2D eigenvalue weighted by atomic mass is 35.5. The van der Waals surface area contributed by atoms with Crippen LogP contribution in [0.25, 0.3) is 16.9 Å². The summed E-state index contributed by atoms with van der Waals surface area (Å²) in [6.07, 6.45) is 1.89. The fourth-order valence-corrected chi connectivity index (χ4v) is 2.61. The topological polar surface area (TPSA) is 39.9 Å². The smallest absolute Gasteiger partial charge is 0.153 e. The molecule has 0 saturated carbocycles. The Morgan fingerprint density at radius 3 is 2.32 bits per heavy atom. The maximum Gasteiger partial charge on any atom is 0.153 e. The van der Waals surface area contributed by atoms with Crippen molar-refractivity contribution >= 4 is 11.6 Å². The Balaban J connectivity index is 1.67. The summed E-state index contributed by atoms with van der Waals surface area (Å²) in [7, 11) is 0. The fourth-order valence-electron chi connectivity index (χ4n) is 2.49. The lowest BCUT2D eigenvalue weighted by atomic mass is 10.2. The summed E-state index contributed by atoms with van der Waals surface area (Å²) in [5, 5.41) is 9.18. The average molecular weight is 348 g/mol. The molecule has 5 heteroatoms. The molecule has 4 nitrogen and oxygen atoms in total. The minimum atomic E-state index is 0.671. The van der Waals surface area contributed by atoms with E-state index < -0.39 is 0 Å². The van der Waals surface area contributed by atoms with Crippen LogP contribution in [0.2, 0.25) is 5.02 Å². The Labute approximate surface area is 150 Å². The molecule has 0 unspecified atom stereocenters. The molecule has 4 rings (SSSR count). The highest BCUT2D eigenvalue weighted by molar-refractivity contribution is 6.30. The third kappa shape index (κ3) is 3.39. The number of hydrogen-bond donors (Lipinski definition) is 0. The molecule has 0 bridgehead atoms. The zero-order valence-corrected chi connectivity index (χ0v) is 14.0. The van der Waals surface area contributed by atoms with E-state index in [1.165, 1.54) is 0 Å². The van der Waals surface area contributed by atoms with Crippen LogP contribution < -0.4 is 4.74 Å². The largest absolute Gasteiger partial charge is 0.455 e. The molecular weight excluding hydrogens is 334 g/mol. The molecule has 1 aromatic heterocycles. The van der Waals surface area contributed by atoms with E-state index in [4.69, 9.17) is 16.3 Å². The van der Waals surface area contributed by atoms with Gasteiger partial charge in [0.1, 0.15) is 17.1 Å². The Hall–Kier alpha value is -3.11. The number of rotatable bonds is 4. The predicted molar refractivity (Wildman–Crippen MR) is 98.3 cm³/mol. The van der Waals surface area contributed by atoms with Crippen LogP contribution in [0, 0.1) is 0 Å². The van der Waals surface area contributed by atoms with Crippen LogP contribution in [0.3, 0.4) is 0 Å². The van der Waals surface area contributed by atoms with Crippen LogP contribution in [0.5, 0.6) is 11.5 Å². The minimum Gasteiger partial charge on any atom is -0.455 e. The van der Waals surface area contributed by atoms with Crippen molar-refractivity contribution in [1.82, 2.24) is 15.0 Å². The van der Waals surface area contributed by atoms with Gasteiger partial charge in [0.15, 0.2) is 5.75 Å². The lowest BCUT2D eigenvalue weighted by Crippen LogP contribution is -1.98. The van der Waals surface area contributed by atoms with Crippen LogP contribution >= 0.6 is 11.6 Å². The van der Waals surface area contributed by atoms with E-state index in [-0.39, 0.29) is 0 Å². The van der Waals surface area contributed by atoms with Crippen LogP contribution in [0.1, 0.15) is 0 Å². The van der Waals surface area contributed by atoms with Gasteiger partial charge in [0, 0.05) is 10.6 Å². The number of ether oxygens (including phenoxy) is 1. The molecule has 0 spiro atoms. The number of benzene rings is 3. The van der Waals surface area contributed by atoms with E-state index in [0.29, 0.717) is 16.5 Å². The van der Waals surface area contributed by atoms with Gasteiger partial charge >= 0.3 is 0 Å². The van der Waals surface area contributed by atoms with E-state index in [1.54, 1.807) is 16.8 Å². The first kappa shape index (κ1) is 15.4. The number of hydrogen-bond acceptors (Lipinski definition) is 3. The van der Waals surface area contributed by atoms with Gasteiger partial charge in [-0.05, 0) is 36.4 Å². The van der Waals surface area contributed by atoms with E-state index in [9.17, 15) is 0 Å². The van der Waals surface area contributed by atoms with E-state index in [1.807, 2.05) is 72.9 Å². The molecule has 0 aliphatic rings. The molecule has 122 valence electrons. The van der Waals surface area contributed by atoms with Crippen LogP contribution in [0.4, 0.5) is 0 Å². The zero-order valence-electron chi connectivity index (χ0n) is 13.2. The Morgan fingerprint density at radius 1 is 0.800 bits per heavy atom. The molecule has 0 N–H and O–H groups in total. The van der Waals surface area contributed by atoms with Gasteiger partial charge in [-0.25, -0.2) is 4.68 Å². The molecule has 0 fully saturated rings. The lowest BCUT2D eigenvalue weighted by Gasteiger charge is -2.10. The molecule has 0 amide bonds. The van der Waals surface area contributed by atoms with Crippen molar-refractivity contribution in [2.45, 2.75) is 0 Å². The van der Waals surface area contributed by atoms with Crippen molar-refractivity contribution in [2.24, 2.45) is 0 Å². The second-order valence-corrected chi connectivity index (χ2v) is 5.87. The van der Waals surface area contributed by atoms with Crippen molar-refractivity contribution in [2.75, 3.05) is 0 Å². The van der Waals surface area contributed by atoms with Crippen molar-refractivity contribution < 1.29 is 4.74 Å². The third-order valence-corrected chi connectivity index (χ3v) is 3.97. The van der Waals surface area contributed by atoms with Gasteiger partial charge in [-0.2, -0.15) is 0 Å². The number of halogens is 1. The molecule has 0 radical (unpaired) electrons. The molecular formula is C20H14ClN3O. The number of para-hydroxylation sites is 2. The van der Waals surface area contributed by atoms with Crippen LogP contribution in [0.15, 0.2) is 85.1 Å². The highest BCUT2D eigenvalue weighted by Crippen LogP contribution is 2.29. The van der Waals surface area contributed by atoms with Gasteiger partial charge in [-0.3, -0.25) is 0 Å². The summed E-state index contributed by atoms with van der Waals surface area (Å²) in [5.74, 6) is 1.40. The van der Waals surface area contributed by atoms with Crippen LogP contribution in [-0.4, -0.2) is 15.0 Å². The maximum absolute atomic E-state index is 5.99. The SMILES string of the molecule is Clc1ccc(Oc2ccccc2-n2cc(-c3ccccc3)nn2)cc1. The summed E-state index contributed by atoms with van der Waals surface area (Å²) in [5.41, 5.74) is 2.64. The number of aromatic nitrogens is 3. The number of nitrogens with zero attached hydrogens (tertiary/aromatic N) is 3. The quantitative estimate of drug-likeness (QED) is 0.497. The Kier molecular flexibility index (Phi) is 4.19. The third-order valence-electron chi connectivity index (χ3n) is 3.72. The Morgan fingerprint density at radius 2 is 1.52 bits per heavy atom. The van der Waals surface area contributed by atoms with E-state index >= 15 is 0 Å². The van der Waals surface area contributed by atoms with Gasteiger partial charge in [-0.1, -0.05) is 59.3 Å². The van der Waals surface area contributed by atoms with Crippen molar-refractivity contribution in [3.63, 3.8) is 0 Å². The monoisotopic (exact) mass is 347 g/mol. The summed E-state index contributed by atoms with van der Waals surface area (Å²) in [6.45, 7) is 0. The zero-order chi connectivity index (χ0) is 17.1. The van der Waals surface area contributed by atoms with Gasteiger partial charge in [0.05, 0.1) is 6.20 Å². The molecule has 25 heavy (non-hydrogen) atoms. The molecule has 0 atom stereocenters. The van der Waals surface area contributed by atoms with E-state index in [2.05, 4.69) is 10.3 Å². The van der Waals surface area contributed by atoms with Gasteiger partial charge in [-0.15, -0.1) is 5.10 Å². The Bertz CT molecular complexity index is 981. The van der Waals surface area contributed by atoms with Crippen molar-refractivity contribution in [3.8, 4) is 28.4 Å². The molecule has 0 aliphatic carbocycles. The first-order valence-electron chi connectivity index (χ1n) is 7.80. The lowest BCUT2D eigenvalue weighted by molar-refractivity contribution is 0.477. The summed E-state index contributed by atoms with van der Waals surface area (Å²) in [6, 6.07) is 24.9. The molecule has 0 saturated heterocycles.